The number of hydrogen-bond acceptors (Lipinski definition) is 3. The fourth-order valence-electron chi connectivity index (χ4n) is 1.34. The highest BCUT2D eigenvalue weighted by atomic mass is 35.5. The number of thiophene rings is 1. The maximum absolute atomic E-state index is 11.8. The zero-order chi connectivity index (χ0) is 12.1. The maximum Gasteiger partial charge on any atom is 0.239 e. The van der Waals surface area contributed by atoms with Crippen molar-refractivity contribution in [2.45, 2.75) is 19.9 Å². The molecule has 5 heteroatoms. The lowest BCUT2D eigenvalue weighted by Crippen LogP contribution is -2.31. The molecule has 3 nitrogen and oxygen atoms in total. The molecule has 0 aliphatic carbocycles. The Balaban J connectivity index is 2.62. The SMILES string of the molecule is CCC(C#N)C(=O)N(C)Cc1ccc(Cl)s1. The average Bonchev–Trinajstić information content (AvgIpc) is 2.65. The Morgan fingerprint density at radius 2 is 2.38 bits per heavy atom. The van der Waals surface area contributed by atoms with Gasteiger partial charge in [0, 0.05) is 11.9 Å². The van der Waals surface area contributed by atoms with Crippen LogP contribution in [0.2, 0.25) is 4.34 Å². The summed E-state index contributed by atoms with van der Waals surface area (Å²) < 4.78 is 0.711. The van der Waals surface area contributed by atoms with Crippen LogP contribution in [0.15, 0.2) is 12.1 Å². The Morgan fingerprint density at radius 1 is 1.69 bits per heavy atom. The van der Waals surface area contributed by atoms with Crippen molar-refractivity contribution in [1.82, 2.24) is 4.90 Å². The van der Waals surface area contributed by atoms with Crippen molar-refractivity contribution >= 4 is 28.8 Å². The third-order valence-corrected chi connectivity index (χ3v) is 3.48. The Labute approximate surface area is 104 Å². The van der Waals surface area contributed by atoms with E-state index in [0.29, 0.717) is 17.3 Å². The lowest BCUT2D eigenvalue weighted by atomic mass is 10.1. The Morgan fingerprint density at radius 3 is 2.81 bits per heavy atom. The van der Waals surface area contributed by atoms with Gasteiger partial charge in [0.05, 0.1) is 17.0 Å². The normalized spacial score (nSPS) is 11.9. The van der Waals surface area contributed by atoms with E-state index in [-0.39, 0.29) is 5.91 Å². The molecule has 1 heterocycles. The number of hydrogen-bond donors (Lipinski definition) is 0. The van der Waals surface area contributed by atoms with E-state index < -0.39 is 5.92 Å². The van der Waals surface area contributed by atoms with Crippen LogP contribution < -0.4 is 0 Å². The molecule has 0 radical (unpaired) electrons. The first kappa shape index (κ1) is 13.0. The Hall–Kier alpha value is -1.05. The van der Waals surface area contributed by atoms with Crippen molar-refractivity contribution in [3.05, 3.63) is 21.3 Å². The van der Waals surface area contributed by atoms with E-state index in [1.54, 1.807) is 11.9 Å². The topological polar surface area (TPSA) is 44.1 Å². The van der Waals surface area contributed by atoms with Crippen molar-refractivity contribution < 1.29 is 4.79 Å². The van der Waals surface area contributed by atoms with Gasteiger partial charge < -0.3 is 4.90 Å². The van der Waals surface area contributed by atoms with Gasteiger partial charge in [-0.3, -0.25) is 4.79 Å². The van der Waals surface area contributed by atoms with Crippen molar-refractivity contribution in [3.63, 3.8) is 0 Å². The van der Waals surface area contributed by atoms with E-state index in [4.69, 9.17) is 16.9 Å². The molecule has 16 heavy (non-hydrogen) atoms. The molecule has 0 aromatic carbocycles. The molecule has 86 valence electrons. The minimum Gasteiger partial charge on any atom is -0.339 e. The van der Waals surface area contributed by atoms with Crippen LogP contribution in [0.25, 0.3) is 0 Å². The molecule has 0 saturated carbocycles. The van der Waals surface area contributed by atoms with E-state index in [9.17, 15) is 4.79 Å². The van der Waals surface area contributed by atoms with E-state index in [0.717, 1.165) is 4.88 Å². The van der Waals surface area contributed by atoms with Gasteiger partial charge in [-0.1, -0.05) is 18.5 Å². The molecule has 1 amide bonds. The largest absolute Gasteiger partial charge is 0.339 e. The third kappa shape index (κ3) is 3.22. The molecule has 1 rings (SSSR count). The number of halogens is 1. The van der Waals surface area contributed by atoms with Crippen LogP contribution in [-0.2, 0) is 11.3 Å². The summed E-state index contributed by atoms with van der Waals surface area (Å²) in [4.78, 5) is 14.4. The quantitative estimate of drug-likeness (QED) is 0.831. The van der Waals surface area contributed by atoms with E-state index in [1.807, 2.05) is 25.1 Å². The summed E-state index contributed by atoms with van der Waals surface area (Å²) >= 11 is 7.25. The van der Waals surface area contributed by atoms with Gasteiger partial charge >= 0.3 is 0 Å². The summed E-state index contributed by atoms with van der Waals surface area (Å²) in [6.45, 7) is 2.34. The molecule has 0 aliphatic rings. The monoisotopic (exact) mass is 256 g/mol. The van der Waals surface area contributed by atoms with Gasteiger partial charge in [0.2, 0.25) is 5.91 Å². The number of rotatable bonds is 4. The van der Waals surface area contributed by atoms with Crippen LogP contribution in [0, 0.1) is 17.2 Å². The number of nitrogens with zero attached hydrogens (tertiary/aromatic N) is 2. The zero-order valence-electron chi connectivity index (χ0n) is 9.24. The predicted molar refractivity (Wildman–Crippen MR) is 65.2 cm³/mol. The summed E-state index contributed by atoms with van der Waals surface area (Å²) in [5.41, 5.74) is 0. The predicted octanol–water partition coefficient (Wildman–Crippen LogP) is 2.91. The van der Waals surface area contributed by atoms with E-state index >= 15 is 0 Å². The summed E-state index contributed by atoms with van der Waals surface area (Å²) in [5, 5.41) is 8.80. The molecular formula is C11H13ClN2OS. The molecule has 1 unspecified atom stereocenters. The van der Waals surface area contributed by atoms with Gasteiger partial charge in [0.25, 0.3) is 0 Å². The highest BCUT2D eigenvalue weighted by Gasteiger charge is 2.20. The van der Waals surface area contributed by atoms with Crippen molar-refractivity contribution in [2.75, 3.05) is 7.05 Å². The van der Waals surface area contributed by atoms with Crippen LogP contribution >= 0.6 is 22.9 Å². The molecule has 1 aromatic rings. The fraction of sp³-hybridized carbons (Fsp3) is 0.455. The first-order chi connectivity index (χ1) is 7.58. The summed E-state index contributed by atoms with van der Waals surface area (Å²) in [7, 11) is 1.70. The van der Waals surface area contributed by atoms with Gasteiger partial charge in [-0.25, -0.2) is 0 Å². The summed E-state index contributed by atoms with van der Waals surface area (Å²) in [6, 6.07) is 5.71. The minimum absolute atomic E-state index is 0.130. The average molecular weight is 257 g/mol. The van der Waals surface area contributed by atoms with E-state index in [1.165, 1.54) is 11.3 Å². The molecular weight excluding hydrogens is 244 g/mol. The minimum atomic E-state index is -0.541. The van der Waals surface area contributed by atoms with Crippen LogP contribution in [0.3, 0.4) is 0 Å². The standard InChI is InChI=1S/C11H13ClN2OS/c1-3-8(6-13)11(15)14(2)7-9-4-5-10(12)16-9/h4-5,8H,3,7H2,1-2H3. The highest BCUT2D eigenvalue weighted by molar-refractivity contribution is 7.16. The number of carbonyl (C=O) groups excluding carboxylic acids is 1. The van der Waals surface area contributed by atoms with Crippen LogP contribution in [0.4, 0.5) is 0 Å². The van der Waals surface area contributed by atoms with E-state index in [2.05, 4.69) is 0 Å². The second kappa shape index (κ2) is 5.88. The Kier molecular flexibility index (Phi) is 4.78. The molecule has 0 bridgehead atoms. The molecule has 0 fully saturated rings. The second-order valence-electron chi connectivity index (χ2n) is 3.49. The zero-order valence-corrected chi connectivity index (χ0v) is 10.8. The third-order valence-electron chi connectivity index (χ3n) is 2.26. The number of nitriles is 1. The van der Waals surface area contributed by atoms with Crippen molar-refractivity contribution in [2.24, 2.45) is 5.92 Å². The lowest BCUT2D eigenvalue weighted by Gasteiger charge is -2.18. The molecule has 1 atom stereocenters. The van der Waals surface area contributed by atoms with Crippen LogP contribution in [-0.4, -0.2) is 17.9 Å². The van der Waals surface area contributed by atoms with Crippen LogP contribution in [0.1, 0.15) is 18.2 Å². The molecule has 0 aliphatic heterocycles. The van der Waals surface area contributed by atoms with Gasteiger partial charge in [0.15, 0.2) is 0 Å². The van der Waals surface area contributed by atoms with Gasteiger partial charge in [-0.2, -0.15) is 5.26 Å². The van der Waals surface area contributed by atoms with Gasteiger partial charge in [-0.15, -0.1) is 11.3 Å². The number of carbonyl (C=O) groups is 1. The summed E-state index contributed by atoms with van der Waals surface area (Å²) in [5.74, 6) is -0.671. The number of amides is 1. The smallest absolute Gasteiger partial charge is 0.239 e. The van der Waals surface area contributed by atoms with Crippen molar-refractivity contribution in [3.8, 4) is 6.07 Å². The molecule has 0 spiro atoms. The lowest BCUT2D eigenvalue weighted by molar-refractivity contribution is -0.133. The first-order valence-electron chi connectivity index (χ1n) is 4.97. The van der Waals surface area contributed by atoms with Crippen LogP contribution in [0.5, 0.6) is 0 Å². The van der Waals surface area contributed by atoms with Gasteiger partial charge in [0.1, 0.15) is 5.92 Å². The molecule has 0 saturated heterocycles. The maximum atomic E-state index is 11.8. The second-order valence-corrected chi connectivity index (χ2v) is 5.29. The molecule has 1 aromatic heterocycles. The Bertz CT molecular complexity index is 410. The summed E-state index contributed by atoms with van der Waals surface area (Å²) in [6.07, 6.45) is 0.546. The first-order valence-corrected chi connectivity index (χ1v) is 6.16. The highest BCUT2D eigenvalue weighted by Crippen LogP contribution is 2.22. The molecule has 0 N–H and O–H groups in total. The van der Waals surface area contributed by atoms with Crippen molar-refractivity contribution in [1.29, 1.82) is 5.26 Å². The fourth-order valence-corrected chi connectivity index (χ4v) is 2.48. The van der Waals surface area contributed by atoms with Gasteiger partial charge in [-0.05, 0) is 18.6 Å².